The second-order valence-corrected chi connectivity index (χ2v) is 6.29. The van der Waals surface area contributed by atoms with Crippen LogP contribution in [0.15, 0.2) is 46.9 Å². The Labute approximate surface area is 134 Å². The second-order valence-electron chi connectivity index (χ2n) is 5.37. The summed E-state index contributed by atoms with van der Waals surface area (Å²) in [5.74, 6) is 0. The highest BCUT2D eigenvalue weighted by Crippen LogP contribution is 2.22. The molecule has 0 saturated heterocycles. The van der Waals surface area contributed by atoms with Gasteiger partial charge in [-0.25, -0.2) is 0 Å². The summed E-state index contributed by atoms with van der Waals surface area (Å²) in [6.07, 6.45) is 2.06. The van der Waals surface area contributed by atoms with E-state index in [9.17, 15) is 0 Å². The van der Waals surface area contributed by atoms with Gasteiger partial charge in [-0.1, -0.05) is 45.8 Å². The predicted molar refractivity (Wildman–Crippen MR) is 91.4 cm³/mol. The van der Waals surface area contributed by atoms with Gasteiger partial charge in [-0.2, -0.15) is 5.26 Å². The molecular weight excluding hydrogens is 324 g/mol. The van der Waals surface area contributed by atoms with Gasteiger partial charge in [0.25, 0.3) is 0 Å². The predicted octanol–water partition coefficient (Wildman–Crippen LogP) is 5.06. The third kappa shape index (κ3) is 4.61. The van der Waals surface area contributed by atoms with Gasteiger partial charge in [0.2, 0.25) is 0 Å². The van der Waals surface area contributed by atoms with Gasteiger partial charge in [0, 0.05) is 10.5 Å². The van der Waals surface area contributed by atoms with Gasteiger partial charge < -0.3 is 5.32 Å². The lowest BCUT2D eigenvalue weighted by Crippen LogP contribution is -2.16. The first-order valence-corrected chi connectivity index (χ1v) is 7.89. The highest BCUT2D eigenvalue weighted by molar-refractivity contribution is 9.10. The maximum absolute atomic E-state index is 9.16. The summed E-state index contributed by atoms with van der Waals surface area (Å²) >= 11 is 3.45. The van der Waals surface area contributed by atoms with Crippen LogP contribution in [0.3, 0.4) is 0 Å². The Morgan fingerprint density at radius 2 is 2.05 bits per heavy atom. The molecule has 0 amide bonds. The fraction of sp³-hybridized carbons (Fsp3) is 0.278. The van der Waals surface area contributed by atoms with Crippen LogP contribution >= 0.6 is 15.9 Å². The van der Waals surface area contributed by atoms with E-state index in [-0.39, 0.29) is 0 Å². The number of rotatable bonds is 5. The lowest BCUT2D eigenvalue weighted by molar-refractivity contribution is 0.705. The zero-order chi connectivity index (χ0) is 15.2. The summed E-state index contributed by atoms with van der Waals surface area (Å²) in [5.41, 5.74) is 4.23. The monoisotopic (exact) mass is 342 g/mol. The smallest absolute Gasteiger partial charge is 0.101 e. The molecule has 1 atom stereocenters. The van der Waals surface area contributed by atoms with Crippen molar-refractivity contribution in [3.63, 3.8) is 0 Å². The molecule has 0 saturated carbocycles. The van der Waals surface area contributed by atoms with E-state index in [4.69, 9.17) is 5.26 Å². The number of aryl methyl sites for hydroxylation is 2. The van der Waals surface area contributed by atoms with E-state index in [0.717, 1.165) is 23.0 Å². The number of benzene rings is 2. The first-order valence-electron chi connectivity index (χ1n) is 7.10. The SMILES string of the molecule is Cc1cccc(CCC(C)Nc2cc(Br)ccc2C#N)c1. The van der Waals surface area contributed by atoms with Gasteiger partial charge in [0.05, 0.1) is 11.3 Å². The number of hydrogen-bond acceptors (Lipinski definition) is 2. The third-order valence-electron chi connectivity index (χ3n) is 3.45. The number of nitriles is 1. The van der Waals surface area contributed by atoms with Crippen molar-refractivity contribution in [2.45, 2.75) is 32.7 Å². The number of nitrogens with one attached hydrogen (secondary N) is 1. The Morgan fingerprint density at radius 1 is 1.24 bits per heavy atom. The molecule has 2 nitrogen and oxygen atoms in total. The lowest BCUT2D eigenvalue weighted by atomic mass is 10.0. The Morgan fingerprint density at radius 3 is 2.76 bits per heavy atom. The van der Waals surface area contributed by atoms with E-state index in [1.807, 2.05) is 18.2 Å². The maximum atomic E-state index is 9.16. The minimum absolute atomic E-state index is 0.312. The molecule has 3 heteroatoms. The number of hydrogen-bond donors (Lipinski definition) is 1. The molecule has 0 radical (unpaired) electrons. The van der Waals surface area contributed by atoms with Crippen LogP contribution in [0.25, 0.3) is 0 Å². The van der Waals surface area contributed by atoms with Crippen molar-refractivity contribution in [2.24, 2.45) is 0 Å². The number of anilines is 1. The van der Waals surface area contributed by atoms with Crippen LogP contribution in [-0.2, 0) is 6.42 Å². The molecule has 0 aliphatic heterocycles. The number of nitrogens with zero attached hydrogens (tertiary/aromatic N) is 1. The topological polar surface area (TPSA) is 35.8 Å². The summed E-state index contributed by atoms with van der Waals surface area (Å²) in [5, 5.41) is 12.6. The average molecular weight is 343 g/mol. The van der Waals surface area contributed by atoms with Crippen LogP contribution in [0.4, 0.5) is 5.69 Å². The first kappa shape index (κ1) is 15.6. The Bertz CT molecular complexity index is 659. The van der Waals surface area contributed by atoms with Crippen molar-refractivity contribution in [2.75, 3.05) is 5.32 Å². The molecule has 1 unspecified atom stereocenters. The van der Waals surface area contributed by atoms with Crippen molar-refractivity contribution in [1.82, 2.24) is 0 Å². The van der Waals surface area contributed by atoms with Gasteiger partial charge in [-0.3, -0.25) is 0 Å². The van der Waals surface area contributed by atoms with Crippen molar-refractivity contribution in [1.29, 1.82) is 5.26 Å². The van der Waals surface area contributed by atoms with Gasteiger partial charge in [-0.15, -0.1) is 0 Å². The molecule has 0 aliphatic rings. The summed E-state index contributed by atoms with van der Waals surface area (Å²) in [6, 6.07) is 16.8. The van der Waals surface area contributed by atoms with E-state index < -0.39 is 0 Å². The van der Waals surface area contributed by atoms with Crippen LogP contribution in [0, 0.1) is 18.3 Å². The molecule has 21 heavy (non-hydrogen) atoms. The normalized spacial score (nSPS) is 11.7. The standard InChI is InChI=1S/C18H19BrN2/c1-13-4-3-5-15(10-13)7-6-14(2)21-18-11-17(19)9-8-16(18)12-20/h3-5,8-11,14,21H,6-7H2,1-2H3. The summed E-state index contributed by atoms with van der Waals surface area (Å²) in [4.78, 5) is 0. The summed E-state index contributed by atoms with van der Waals surface area (Å²) in [6.45, 7) is 4.27. The zero-order valence-corrected chi connectivity index (χ0v) is 13.9. The molecule has 0 bridgehead atoms. The third-order valence-corrected chi connectivity index (χ3v) is 3.95. The van der Waals surface area contributed by atoms with E-state index in [2.05, 4.69) is 65.4 Å². The van der Waals surface area contributed by atoms with E-state index >= 15 is 0 Å². The summed E-state index contributed by atoms with van der Waals surface area (Å²) in [7, 11) is 0. The minimum atomic E-state index is 0.312. The number of halogens is 1. The van der Waals surface area contributed by atoms with Gasteiger partial charge in [0.15, 0.2) is 0 Å². The molecule has 0 fully saturated rings. The van der Waals surface area contributed by atoms with Gasteiger partial charge >= 0.3 is 0 Å². The quantitative estimate of drug-likeness (QED) is 0.823. The molecule has 1 N–H and O–H groups in total. The molecular formula is C18H19BrN2. The van der Waals surface area contributed by atoms with Crippen molar-refractivity contribution >= 4 is 21.6 Å². The van der Waals surface area contributed by atoms with Gasteiger partial charge in [0.1, 0.15) is 6.07 Å². The Kier molecular flexibility index (Phi) is 5.41. The molecule has 108 valence electrons. The first-order chi connectivity index (χ1) is 10.1. The maximum Gasteiger partial charge on any atom is 0.101 e. The minimum Gasteiger partial charge on any atom is -0.381 e. The molecule has 2 aromatic rings. The van der Waals surface area contributed by atoms with Crippen LogP contribution in [0.1, 0.15) is 30.0 Å². The highest BCUT2D eigenvalue weighted by atomic mass is 79.9. The second kappa shape index (κ2) is 7.28. The van der Waals surface area contributed by atoms with Crippen LogP contribution in [-0.4, -0.2) is 6.04 Å². The molecule has 0 aliphatic carbocycles. The largest absolute Gasteiger partial charge is 0.381 e. The molecule has 0 heterocycles. The van der Waals surface area contributed by atoms with Crippen molar-refractivity contribution in [3.05, 3.63) is 63.6 Å². The van der Waals surface area contributed by atoms with Gasteiger partial charge in [-0.05, 0) is 50.5 Å². The molecule has 2 aromatic carbocycles. The van der Waals surface area contributed by atoms with Crippen LogP contribution in [0.2, 0.25) is 0 Å². The highest BCUT2D eigenvalue weighted by Gasteiger charge is 2.07. The van der Waals surface area contributed by atoms with Crippen LogP contribution in [0.5, 0.6) is 0 Å². The van der Waals surface area contributed by atoms with Crippen molar-refractivity contribution in [3.8, 4) is 6.07 Å². The van der Waals surface area contributed by atoms with E-state index in [1.165, 1.54) is 11.1 Å². The van der Waals surface area contributed by atoms with E-state index in [0.29, 0.717) is 11.6 Å². The molecule has 2 rings (SSSR count). The van der Waals surface area contributed by atoms with E-state index in [1.54, 1.807) is 0 Å². The Hall–Kier alpha value is -1.79. The van der Waals surface area contributed by atoms with Crippen LogP contribution < -0.4 is 5.32 Å². The average Bonchev–Trinajstić information content (AvgIpc) is 2.45. The van der Waals surface area contributed by atoms with Crippen molar-refractivity contribution < 1.29 is 0 Å². The fourth-order valence-corrected chi connectivity index (χ4v) is 2.68. The lowest BCUT2D eigenvalue weighted by Gasteiger charge is -2.16. The summed E-state index contributed by atoms with van der Waals surface area (Å²) < 4.78 is 0.981. The Balaban J connectivity index is 1.97. The fourth-order valence-electron chi connectivity index (χ4n) is 2.32. The zero-order valence-electron chi connectivity index (χ0n) is 12.4. The molecule has 0 aromatic heterocycles. The molecule has 0 spiro atoms.